The normalized spacial score (nSPS) is 10.5. The van der Waals surface area contributed by atoms with Crippen LogP contribution in [0, 0.1) is 0 Å². The lowest BCUT2D eigenvalue weighted by molar-refractivity contribution is 0.238. The molecule has 0 aliphatic heterocycles. The van der Waals surface area contributed by atoms with Gasteiger partial charge in [0.05, 0.1) is 0 Å². The molecular formula is C13H17N5O. The summed E-state index contributed by atoms with van der Waals surface area (Å²) < 4.78 is 1.68. The van der Waals surface area contributed by atoms with Crippen LogP contribution in [-0.4, -0.2) is 26.8 Å². The van der Waals surface area contributed by atoms with Crippen molar-refractivity contribution in [1.82, 2.24) is 25.4 Å². The molecule has 0 spiro atoms. The third kappa shape index (κ3) is 3.80. The lowest BCUT2D eigenvalue weighted by Gasteiger charge is -2.10. The number of nitrogens with zero attached hydrogens (tertiary/aromatic N) is 3. The Hall–Kier alpha value is -2.37. The Bertz CT molecular complexity index is 518. The summed E-state index contributed by atoms with van der Waals surface area (Å²) in [6, 6.07) is 5.57. The number of carbonyl (C=O) groups excluding carboxylic acids is 1. The van der Waals surface area contributed by atoms with Crippen LogP contribution in [0.3, 0.4) is 0 Å². The summed E-state index contributed by atoms with van der Waals surface area (Å²) in [5.74, 6) is 0.750. The molecule has 0 unspecified atom stereocenters. The minimum Gasteiger partial charge on any atom is -0.336 e. The molecule has 100 valence electrons. The van der Waals surface area contributed by atoms with Crippen molar-refractivity contribution < 1.29 is 4.79 Å². The number of rotatable bonds is 4. The van der Waals surface area contributed by atoms with E-state index in [2.05, 4.69) is 20.7 Å². The van der Waals surface area contributed by atoms with Gasteiger partial charge in [0.1, 0.15) is 0 Å². The molecule has 0 saturated carbocycles. The SMILES string of the molecule is CC(C)NC(=O)NCc1ccc(-n2cccn2)nc1. The van der Waals surface area contributed by atoms with Crippen molar-refractivity contribution in [3.05, 3.63) is 42.4 Å². The van der Waals surface area contributed by atoms with Crippen LogP contribution in [0.4, 0.5) is 4.79 Å². The van der Waals surface area contributed by atoms with Gasteiger partial charge in [0.15, 0.2) is 5.82 Å². The zero-order chi connectivity index (χ0) is 13.7. The van der Waals surface area contributed by atoms with E-state index >= 15 is 0 Å². The highest BCUT2D eigenvalue weighted by Crippen LogP contribution is 2.04. The number of hydrogen-bond acceptors (Lipinski definition) is 3. The molecule has 19 heavy (non-hydrogen) atoms. The topological polar surface area (TPSA) is 71.8 Å². The lowest BCUT2D eigenvalue weighted by Crippen LogP contribution is -2.39. The quantitative estimate of drug-likeness (QED) is 0.873. The number of hydrogen-bond donors (Lipinski definition) is 2. The van der Waals surface area contributed by atoms with Crippen molar-refractivity contribution >= 4 is 6.03 Å². The molecule has 6 heteroatoms. The number of pyridine rings is 1. The number of urea groups is 1. The van der Waals surface area contributed by atoms with Gasteiger partial charge in [-0.25, -0.2) is 14.5 Å². The van der Waals surface area contributed by atoms with Gasteiger partial charge in [-0.15, -0.1) is 0 Å². The zero-order valence-electron chi connectivity index (χ0n) is 11.0. The molecule has 0 aliphatic carbocycles. The minimum absolute atomic E-state index is 0.125. The molecule has 2 amide bonds. The summed E-state index contributed by atoms with van der Waals surface area (Å²) in [5, 5.41) is 9.63. The second-order valence-corrected chi connectivity index (χ2v) is 4.46. The Morgan fingerprint density at radius 2 is 2.26 bits per heavy atom. The summed E-state index contributed by atoms with van der Waals surface area (Å²) in [4.78, 5) is 15.7. The Morgan fingerprint density at radius 1 is 1.42 bits per heavy atom. The van der Waals surface area contributed by atoms with Crippen molar-refractivity contribution in [3.8, 4) is 5.82 Å². The van der Waals surface area contributed by atoms with Gasteiger partial charge in [-0.1, -0.05) is 6.07 Å². The number of carbonyl (C=O) groups is 1. The van der Waals surface area contributed by atoms with E-state index in [-0.39, 0.29) is 12.1 Å². The molecule has 6 nitrogen and oxygen atoms in total. The van der Waals surface area contributed by atoms with Crippen molar-refractivity contribution in [2.45, 2.75) is 26.4 Å². The molecule has 0 aromatic carbocycles. The van der Waals surface area contributed by atoms with E-state index in [1.807, 2.05) is 38.2 Å². The van der Waals surface area contributed by atoms with E-state index in [1.54, 1.807) is 17.1 Å². The Balaban J connectivity index is 1.91. The smallest absolute Gasteiger partial charge is 0.315 e. The van der Waals surface area contributed by atoms with Crippen LogP contribution in [0.15, 0.2) is 36.8 Å². The lowest BCUT2D eigenvalue weighted by atomic mass is 10.3. The van der Waals surface area contributed by atoms with Crippen LogP contribution in [0.1, 0.15) is 19.4 Å². The third-order valence-corrected chi connectivity index (χ3v) is 2.42. The number of nitrogens with one attached hydrogen (secondary N) is 2. The number of aromatic nitrogens is 3. The summed E-state index contributed by atoms with van der Waals surface area (Å²) in [6.07, 6.45) is 5.26. The van der Waals surface area contributed by atoms with Crippen molar-refractivity contribution in [2.24, 2.45) is 0 Å². The van der Waals surface area contributed by atoms with Gasteiger partial charge in [0.25, 0.3) is 0 Å². The van der Waals surface area contributed by atoms with Crippen LogP contribution in [-0.2, 0) is 6.54 Å². The van der Waals surface area contributed by atoms with Crippen molar-refractivity contribution in [1.29, 1.82) is 0 Å². The maximum Gasteiger partial charge on any atom is 0.315 e. The van der Waals surface area contributed by atoms with E-state index in [0.29, 0.717) is 6.54 Å². The van der Waals surface area contributed by atoms with Crippen LogP contribution < -0.4 is 10.6 Å². The average molecular weight is 259 g/mol. The summed E-state index contributed by atoms with van der Waals surface area (Å²) in [6.45, 7) is 4.28. The molecule has 0 fully saturated rings. The van der Waals surface area contributed by atoms with E-state index in [0.717, 1.165) is 11.4 Å². The third-order valence-electron chi connectivity index (χ3n) is 2.42. The fourth-order valence-electron chi connectivity index (χ4n) is 1.56. The van der Waals surface area contributed by atoms with Gasteiger partial charge >= 0.3 is 6.03 Å². The van der Waals surface area contributed by atoms with Gasteiger partial charge in [-0.05, 0) is 31.5 Å². The molecule has 2 heterocycles. The Morgan fingerprint density at radius 3 is 2.84 bits per heavy atom. The molecule has 0 radical (unpaired) electrons. The van der Waals surface area contributed by atoms with Crippen molar-refractivity contribution in [3.63, 3.8) is 0 Å². The van der Waals surface area contributed by atoms with Gasteiger partial charge < -0.3 is 10.6 Å². The molecule has 2 aromatic heterocycles. The van der Waals surface area contributed by atoms with Gasteiger partial charge in [-0.2, -0.15) is 5.10 Å². The first-order valence-corrected chi connectivity index (χ1v) is 6.14. The highest BCUT2D eigenvalue weighted by Gasteiger charge is 2.03. The second-order valence-electron chi connectivity index (χ2n) is 4.46. The molecule has 2 aromatic rings. The first-order chi connectivity index (χ1) is 9.15. The fraction of sp³-hybridized carbons (Fsp3) is 0.308. The van der Waals surface area contributed by atoms with Crippen LogP contribution in [0.25, 0.3) is 5.82 Å². The van der Waals surface area contributed by atoms with E-state index in [4.69, 9.17) is 0 Å². The van der Waals surface area contributed by atoms with E-state index in [1.165, 1.54) is 0 Å². The second kappa shape index (κ2) is 5.99. The first kappa shape index (κ1) is 13.1. The molecule has 0 atom stereocenters. The van der Waals surface area contributed by atoms with Crippen LogP contribution in [0.5, 0.6) is 0 Å². The van der Waals surface area contributed by atoms with Gasteiger partial charge in [-0.3, -0.25) is 0 Å². The van der Waals surface area contributed by atoms with Gasteiger partial charge in [0.2, 0.25) is 0 Å². The van der Waals surface area contributed by atoms with Crippen molar-refractivity contribution in [2.75, 3.05) is 0 Å². The van der Waals surface area contributed by atoms with Crippen LogP contribution in [0.2, 0.25) is 0 Å². The fourth-order valence-corrected chi connectivity index (χ4v) is 1.56. The molecule has 0 aliphatic rings. The van der Waals surface area contributed by atoms with Gasteiger partial charge in [0, 0.05) is 31.2 Å². The molecule has 0 saturated heterocycles. The van der Waals surface area contributed by atoms with Crippen LogP contribution >= 0.6 is 0 Å². The summed E-state index contributed by atoms with van der Waals surface area (Å²) in [7, 11) is 0. The Labute approximate surface area is 111 Å². The predicted octanol–water partition coefficient (Wildman–Crippen LogP) is 1.47. The molecular weight excluding hydrogens is 242 g/mol. The predicted molar refractivity (Wildman–Crippen MR) is 71.9 cm³/mol. The zero-order valence-corrected chi connectivity index (χ0v) is 11.0. The Kier molecular flexibility index (Phi) is 4.12. The minimum atomic E-state index is -0.175. The number of amides is 2. The standard InChI is InChI=1S/C13H17N5O/c1-10(2)17-13(19)15-9-11-4-5-12(14-8-11)18-7-3-6-16-18/h3-8,10H,9H2,1-2H3,(H2,15,17,19). The highest BCUT2D eigenvalue weighted by molar-refractivity contribution is 5.74. The maximum absolute atomic E-state index is 11.4. The maximum atomic E-state index is 11.4. The molecule has 2 N–H and O–H groups in total. The molecule has 0 bridgehead atoms. The molecule has 2 rings (SSSR count). The summed E-state index contributed by atoms with van der Waals surface area (Å²) >= 11 is 0. The largest absolute Gasteiger partial charge is 0.336 e. The monoisotopic (exact) mass is 259 g/mol. The summed E-state index contributed by atoms with van der Waals surface area (Å²) in [5.41, 5.74) is 0.940. The van der Waals surface area contributed by atoms with E-state index in [9.17, 15) is 4.79 Å². The average Bonchev–Trinajstić information content (AvgIpc) is 2.90. The van der Waals surface area contributed by atoms with E-state index < -0.39 is 0 Å². The first-order valence-electron chi connectivity index (χ1n) is 6.14. The highest BCUT2D eigenvalue weighted by atomic mass is 16.2.